The van der Waals surface area contributed by atoms with Gasteiger partial charge in [0.05, 0.1) is 5.69 Å². The Morgan fingerprint density at radius 3 is 3.31 bits per heavy atom. The van der Waals surface area contributed by atoms with Gasteiger partial charge in [-0.3, -0.25) is 0 Å². The van der Waals surface area contributed by atoms with E-state index in [9.17, 15) is 0 Å². The fourth-order valence-electron chi connectivity index (χ4n) is 2.91. The van der Waals surface area contributed by atoms with Crippen molar-refractivity contribution in [2.75, 3.05) is 5.73 Å². The largest absolute Gasteiger partial charge is 0.368 e. The topological polar surface area (TPSA) is 51.8 Å². The Bertz CT molecular complexity index is 374. The van der Waals surface area contributed by atoms with Crippen molar-refractivity contribution < 1.29 is 0 Å². The molecule has 0 spiro atoms. The predicted molar refractivity (Wildman–Crippen MR) is 50.4 cm³/mol. The van der Waals surface area contributed by atoms with Crippen LogP contribution in [0, 0.1) is 0 Å². The molecule has 1 saturated carbocycles. The Kier molecular flexibility index (Phi) is 1.14. The van der Waals surface area contributed by atoms with E-state index in [4.69, 9.17) is 5.73 Å². The molecule has 68 valence electrons. The molecule has 2 aliphatic rings. The van der Waals surface area contributed by atoms with Crippen molar-refractivity contribution in [3.8, 4) is 0 Å². The summed E-state index contributed by atoms with van der Waals surface area (Å²) in [6.45, 7) is 2.30. The summed E-state index contributed by atoms with van der Waals surface area (Å²) < 4.78 is 0. The Hall–Kier alpha value is -1.12. The lowest BCUT2D eigenvalue weighted by Gasteiger charge is -2.22. The molecule has 0 unspecified atom stereocenters. The van der Waals surface area contributed by atoms with Crippen LogP contribution in [0.4, 0.5) is 5.95 Å². The van der Waals surface area contributed by atoms with E-state index in [2.05, 4.69) is 16.9 Å². The summed E-state index contributed by atoms with van der Waals surface area (Å²) in [5.74, 6) is 1.13. The second kappa shape index (κ2) is 2.03. The monoisotopic (exact) mass is 175 g/mol. The molecule has 3 rings (SSSR count). The van der Waals surface area contributed by atoms with Crippen LogP contribution in [0.2, 0.25) is 0 Å². The summed E-state index contributed by atoms with van der Waals surface area (Å²) in [5.41, 5.74) is 8.47. The van der Waals surface area contributed by atoms with Crippen molar-refractivity contribution in [2.24, 2.45) is 0 Å². The lowest BCUT2D eigenvalue weighted by atomic mass is 9.85. The predicted octanol–water partition coefficient (Wildman–Crippen LogP) is 1.60. The number of fused-ring (bicyclic) bond motifs is 5. The molecule has 0 aromatic carbocycles. The summed E-state index contributed by atoms with van der Waals surface area (Å²) in [6, 6.07) is 0. The Morgan fingerprint density at radius 2 is 2.46 bits per heavy atom. The van der Waals surface area contributed by atoms with Crippen LogP contribution in [0.3, 0.4) is 0 Å². The van der Waals surface area contributed by atoms with Gasteiger partial charge in [0, 0.05) is 11.6 Å². The molecule has 3 heteroatoms. The van der Waals surface area contributed by atoms with Crippen LogP contribution in [0.1, 0.15) is 43.4 Å². The smallest absolute Gasteiger partial charge is 0.220 e. The van der Waals surface area contributed by atoms with Crippen LogP contribution in [0.15, 0.2) is 6.20 Å². The van der Waals surface area contributed by atoms with Crippen LogP contribution >= 0.6 is 0 Å². The lowest BCUT2D eigenvalue weighted by molar-refractivity contribution is 0.490. The molecule has 1 fully saturated rings. The molecule has 0 saturated heterocycles. The van der Waals surface area contributed by atoms with Gasteiger partial charge in [-0.05, 0) is 30.7 Å². The fraction of sp³-hybridized carbons (Fsp3) is 0.600. The number of anilines is 1. The molecule has 1 aromatic rings. The Balaban J connectivity index is 2.25. The molecule has 2 atom stereocenters. The van der Waals surface area contributed by atoms with Crippen molar-refractivity contribution in [1.29, 1.82) is 0 Å². The number of hydrogen-bond donors (Lipinski definition) is 1. The first kappa shape index (κ1) is 7.30. The average Bonchev–Trinajstić information content (AvgIpc) is 2.59. The van der Waals surface area contributed by atoms with E-state index in [-0.39, 0.29) is 0 Å². The van der Waals surface area contributed by atoms with Crippen LogP contribution < -0.4 is 5.73 Å². The highest BCUT2D eigenvalue weighted by atomic mass is 15.0. The number of rotatable bonds is 0. The van der Waals surface area contributed by atoms with Crippen LogP contribution in [-0.2, 0) is 5.41 Å². The zero-order valence-electron chi connectivity index (χ0n) is 7.75. The molecule has 2 N–H and O–H groups in total. The third kappa shape index (κ3) is 0.794. The zero-order valence-corrected chi connectivity index (χ0v) is 7.75. The third-order valence-electron chi connectivity index (χ3n) is 3.59. The summed E-state index contributed by atoms with van der Waals surface area (Å²) in [4.78, 5) is 8.44. The van der Waals surface area contributed by atoms with E-state index < -0.39 is 0 Å². The van der Waals surface area contributed by atoms with Gasteiger partial charge in [0.15, 0.2) is 0 Å². The van der Waals surface area contributed by atoms with E-state index >= 15 is 0 Å². The van der Waals surface area contributed by atoms with E-state index in [1.54, 1.807) is 0 Å². The number of nitrogens with two attached hydrogens (primary N) is 1. The summed E-state index contributed by atoms with van der Waals surface area (Å²) in [5, 5.41) is 0. The molecule has 1 aromatic heterocycles. The van der Waals surface area contributed by atoms with Gasteiger partial charge in [-0.2, -0.15) is 0 Å². The minimum atomic E-state index is 0.303. The van der Waals surface area contributed by atoms with Crippen LogP contribution in [0.5, 0.6) is 0 Å². The van der Waals surface area contributed by atoms with Gasteiger partial charge in [-0.1, -0.05) is 6.92 Å². The molecule has 0 radical (unpaired) electrons. The minimum Gasteiger partial charge on any atom is -0.368 e. The van der Waals surface area contributed by atoms with Crippen LogP contribution in [-0.4, -0.2) is 9.97 Å². The van der Waals surface area contributed by atoms with Crippen molar-refractivity contribution >= 4 is 5.95 Å². The molecule has 2 bridgehead atoms. The highest BCUT2D eigenvalue weighted by Gasteiger charge is 2.47. The second-order valence-electron chi connectivity index (χ2n) is 4.53. The van der Waals surface area contributed by atoms with E-state index in [1.165, 1.54) is 30.5 Å². The highest BCUT2D eigenvalue weighted by molar-refractivity contribution is 5.41. The maximum Gasteiger partial charge on any atom is 0.220 e. The third-order valence-corrected chi connectivity index (χ3v) is 3.59. The number of nitrogen functional groups attached to an aromatic ring is 1. The molecule has 1 heterocycles. The number of hydrogen-bond acceptors (Lipinski definition) is 3. The average molecular weight is 175 g/mol. The molecule has 3 nitrogen and oxygen atoms in total. The van der Waals surface area contributed by atoms with Gasteiger partial charge in [0.1, 0.15) is 0 Å². The first-order chi connectivity index (χ1) is 6.19. The standard InChI is InChI=1S/C10H13N3/c1-10-3-2-6(4-10)7-5-12-9(11)13-8(7)10/h5-6H,2-4H2,1H3,(H2,11,12,13)/t6-,10+/m0/s1. The Morgan fingerprint density at radius 1 is 1.62 bits per heavy atom. The maximum absolute atomic E-state index is 5.60. The van der Waals surface area contributed by atoms with E-state index in [0.717, 1.165) is 0 Å². The SMILES string of the molecule is C[C@@]12CC[C@@H](C1)c1cnc(N)nc12. The Labute approximate surface area is 77.4 Å². The van der Waals surface area contributed by atoms with Crippen molar-refractivity contribution in [3.63, 3.8) is 0 Å². The molecule has 0 amide bonds. The van der Waals surface area contributed by atoms with Crippen LogP contribution in [0.25, 0.3) is 0 Å². The minimum absolute atomic E-state index is 0.303. The first-order valence-corrected chi connectivity index (χ1v) is 4.82. The molecule has 0 aliphatic heterocycles. The summed E-state index contributed by atoms with van der Waals surface area (Å²) >= 11 is 0. The van der Waals surface area contributed by atoms with Gasteiger partial charge in [0.25, 0.3) is 0 Å². The lowest BCUT2D eigenvalue weighted by Crippen LogP contribution is -2.18. The molecule has 2 aliphatic carbocycles. The highest BCUT2D eigenvalue weighted by Crippen LogP contribution is 2.55. The summed E-state index contributed by atoms with van der Waals surface area (Å²) in [7, 11) is 0. The molecular formula is C10H13N3. The molecular weight excluding hydrogens is 162 g/mol. The summed E-state index contributed by atoms with van der Waals surface area (Å²) in [6.07, 6.45) is 5.74. The van der Waals surface area contributed by atoms with Crippen molar-refractivity contribution in [3.05, 3.63) is 17.5 Å². The number of nitrogens with zero attached hydrogens (tertiary/aromatic N) is 2. The van der Waals surface area contributed by atoms with Gasteiger partial charge < -0.3 is 5.73 Å². The number of aromatic nitrogens is 2. The quantitative estimate of drug-likeness (QED) is 0.651. The van der Waals surface area contributed by atoms with Gasteiger partial charge in [-0.25, -0.2) is 9.97 Å². The van der Waals surface area contributed by atoms with Crippen molar-refractivity contribution in [1.82, 2.24) is 9.97 Å². The second-order valence-corrected chi connectivity index (χ2v) is 4.53. The van der Waals surface area contributed by atoms with E-state index in [1.807, 2.05) is 6.20 Å². The van der Waals surface area contributed by atoms with Gasteiger partial charge in [-0.15, -0.1) is 0 Å². The van der Waals surface area contributed by atoms with Gasteiger partial charge in [0.2, 0.25) is 5.95 Å². The van der Waals surface area contributed by atoms with Crippen molar-refractivity contribution in [2.45, 2.75) is 37.5 Å². The molecule has 13 heavy (non-hydrogen) atoms. The zero-order chi connectivity index (χ0) is 9.05. The normalized spacial score (nSPS) is 35.0. The first-order valence-electron chi connectivity index (χ1n) is 4.82. The fourth-order valence-corrected chi connectivity index (χ4v) is 2.91. The van der Waals surface area contributed by atoms with E-state index in [0.29, 0.717) is 17.3 Å². The maximum atomic E-state index is 5.60. The van der Waals surface area contributed by atoms with Gasteiger partial charge >= 0.3 is 0 Å².